The number of nitrogens with zero attached hydrogens (tertiary/aromatic N) is 1. The van der Waals surface area contributed by atoms with Gasteiger partial charge in [0.05, 0.1) is 17.3 Å². The van der Waals surface area contributed by atoms with E-state index in [2.05, 4.69) is 13.8 Å². The first-order valence-electron chi connectivity index (χ1n) is 13.3. The quantitative estimate of drug-likeness (QED) is 0.487. The van der Waals surface area contributed by atoms with E-state index in [0.717, 1.165) is 65.9 Å². The minimum absolute atomic E-state index is 0.109. The summed E-state index contributed by atoms with van der Waals surface area (Å²) in [6.07, 6.45) is 2.07. The molecule has 1 saturated carbocycles. The topological polar surface area (TPSA) is 51.6 Å². The fourth-order valence-electron chi connectivity index (χ4n) is 7.31. The third-order valence-corrected chi connectivity index (χ3v) is 9.00. The molecule has 2 fully saturated rings. The highest BCUT2D eigenvalue weighted by Crippen LogP contribution is 2.59. The van der Waals surface area contributed by atoms with Crippen molar-refractivity contribution in [2.24, 2.45) is 5.41 Å². The van der Waals surface area contributed by atoms with Crippen molar-refractivity contribution in [3.63, 3.8) is 0 Å². The van der Waals surface area contributed by atoms with E-state index < -0.39 is 29.5 Å². The van der Waals surface area contributed by atoms with Gasteiger partial charge in [-0.05, 0) is 60.3 Å². The molecule has 1 aromatic carbocycles. The van der Waals surface area contributed by atoms with Crippen LogP contribution in [0.2, 0.25) is 0 Å². The molecule has 0 amide bonds. The van der Waals surface area contributed by atoms with Gasteiger partial charge in [-0.1, -0.05) is 38.8 Å². The molecule has 36 heavy (non-hydrogen) atoms. The van der Waals surface area contributed by atoms with E-state index in [1.165, 1.54) is 25.0 Å². The Hall–Kier alpha value is -1.96. The number of benzene rings is 1. The molecule has 0 radical (unpaired) electrons. The van der Waals surface area contributed by atoms with Crippen LogP contribution in [0.5, 0.6) is 0 Å². The van der Waals surface area contributed by atoms with Gasteiger partial charge in [0.25, 0.3) is 0 Å². The number of alkyl halides is 3. The van der Waals surface area contributed by atoms with Crippen LogP contribution in [0.1, 0.15) is 116 Å². The number of ether oxygens (including phenoxy) is 2. The molecule has 1 saturated heterocycles. The van der Waals surface area contributed by atoms with E-state index >= 15 is 0 Å². The first-order chi connectivity index (χ1) is 17.1. The maximum Gasteiger partial charge on any atom is 0.416 e. The number of aliphatic hydroxyl groups is 1. The molecule has 2 aliphatic heterocycles. The van der Waals surface area contributed by atoms with Gasteiger partial charge in [-0.15, -0.1) is 0 Å². The van der Waals surface area contributed by atoms with Crippen molar-refractivity contribution in [3.8, 4) is 0 Å². The lowest BCUT2D eigenvalue weighted by atomic mass is 9.67. The second-order valence-electron chi connectivity index (χ2n) is 11.6. The predicted octanol–water partition coefficient (Wildman–Crippen LogP) is 6.89. The number of rotatable bonds is 2. The molecule has 2 spiro atoms. The van der Waals surface area contributed by atoms with Crippen LogP contribution in [-0.4, -0.2) is 23.3 Å². The lowest BCUT2D eigenvalue weighted by molar-refractivity contribution is -0.137. The largest absolute Gasteiger partial charge is 0.416 e. The molecule has 0 bridgehead atoms. The molecule has 6 rings (SSSR count). The van der Waals surface area contributed by atoms with Crippen LogP contribution in [0.15, 0.2) is 24.3 Å². The SMILES string of the molecule is CC(C)c1nc2c(c3c1C(c1ccc(C(F)(F)F)cc1)OC31CCOCC1)C(O)CC1(CCCC1)C2. The molecule has 2 atom stereocenters. The van der Waals surface area contributed by atoms with Crippen LogP contribution in [0.25, 0.3) is 0 Å². The first kappa shape index (κ1) is 24.4. The Bertz CT molecular complexity index is 1150. The Labute approximate surface area is 210 Å². The van der Waals surface area contributed by atoms with E-state index in [1.54, 1.807) is 0 Å². The minimum Gasteiger partial charge on any atom is -0.388 e. The van der Waals surface area contributed by atoms with Crippen LogP contribution >= 0.6 is 0 Å². The van der Waals surface area contributed by atoms with Crippen molar-refractivity contribution in [3.05, 3.63) is 63.5 Å². The van der Waals surface area contributed by atoms with E-state index in [0.29, 0.717) is 31.6 Å². The monoisotopic (exact) mass is 501 g/mol. The van der Waals surface area contributed by atoms with Crippen molar-refractivity contribution in [2.75, 3.05) is 13.2 Å². The minimum atomic E-state index is -4.39. The molecule has 2 aliphatic carbocycles. The zero-order valence-electron chi connectivity index (χ0n) is 21.0. The Morgan fingerprint density at radius 1 is 1.00 bits per heavy atom. The summed E-state index contributed by atoms with van der Waals surface area (Å²) >= 11 is 0. The Kier molecular flexibility index (Phi) is 5.78. The van der Waals surface area contributed by atoms with Crippen molar-refractivity contribution >= 4 is 0 Å². The number of halogens is 3. The molecular formula is C29H34F3NO3. The highest BCUT2D eigenvalue weighted by molar-refractivity contribution is 5.54. The van der Waals surface area contributed by atoms with Gasteiger partial charge in [0.15, 0.2) is 0 Å². The van der Waals surface area contributed by atoms with E-state index in [4.69, 9.17) is 14.5 Å². The van der Waals surface area contributed by atoms with Gasteiger partial charge in [-0.3, -0.25) is 4.98 Å². The van der Waals surface area contributed by atoms with Crippen LogP contribution in [0.4, 0.5) is 13.2 Å². The average molecular weight is 502 g/mol. The van der Waals surface area contributed by atoms with Crippen molar-refractivity contribution < 1.29 is 27.8 Å². The first-order valence-corrected chi connectivity index (χ1v) is 13.3. The highest BCUT2D eigenvalue weighted by Gasteiger charge is 2.53. The molecule has 3 heterocycles. The Morgan fingerprint density at radius 3 is 2.28 bits per heavy atom. The number of aromatic nitrogens is 1. The van der Waals surface area contributed by atoms with Crippen LogP contribution in [0, 0.1) is 5.41 Å². The van der Waals surface area contributed by atoms with Crippen molar-refractivity contribution in [1.82, 2.24) is 4.98 Å². The number of hydrogen-bond donors (Lipinski definition) is 1. The fourth-order valence-corrected chi connectivity index (χ4v) is 7.31. The van der Waals surface area contributed by atoms with Gasteiger partial charge in [-0.25, -0.2) is 0 Å². The summed E-state index contributed by atoms with van der Waals surface area (Å²) in [5.74, 6) is 0.109. The zero-order valence-corrected chi connectivity index (χ0v) is 21.0. The van der Waals surface area contributed by atoms with Crippen LogP contribution < -0.4 is 0 Å². The molecule has 2 aromatic rings. The van der Waals surface area contributed by atoms with Crippen molar-refractivity contribution in [1.29, 1.82) is 0 Å². The van der Waals surface area contributed by atoms with Gasteiger partial charge in [0.1, 0.15) is 6.10 Å². The number of fused-ring (bicyclic) bond motifs is 4. The number of hydrogen-bond acceptors (Lipinski definition) is 4. The lowest BCUT2D eigenvalue weighted by Crippen LogP contribution is -2.37. The zero-order chi connectivity index (χ0) is 25.3. The third-order valence-electron chi connectivity index (χ3n) is 9.00. The average Bonchev–Trinajstić information content (AvgIpc) is 3.41. The fraction of sp³-hybridized carbons (Fsp3) is 0.621. The summed E-state index contributed by atoms with van der Waals surface area (Å²) in [5, 5.41) is 11.6. The normalized spacial score (nSPS) is 26.5. The third kappa shape index (κ3) is 3.81. The summed E-state index contributed by atoms with van der Waals surface area (Å²) in [4.78, 5) is 5.21. The summed E-state index contributed by atoms with van der Waals surface area (Å²) < 4.78 is 52.4. The van der Waals surface area contributed by atoms with Gasteiger partial charge in [0, 0.05) is 48.6 Å². The predicted molar refractivity (Wildman–Crippen MR) is 129 cm³/mol. The molecule has 4 nitrogen and oxygen atoms in total. The summed E-state index contributed by atoms with van der Waals surface area (Å²) in [7, 11) is 0. The second kappa shape index (κ2) is 8.53. The Morgan fingerprint density at radius 2 is 1.67 bits per heavy atom. The van der Waals surface area contributed by atoms with E-state index in [-0.39, 0.29) is 11.3 Å². The van der Waals surface area contributed by atoms with Gasteiger partial charge in [0.2, 0.25) is 0 Å². The van der Waals surface area contributed by atoms with Crippen LogP contribution in [0.3, 0.4) is 0 Å². The molecular weight excluding hydrogens is 467 g/mol. The van der Waals surface area contributed by atoms with Gasteiger partial charge in [-0.2, -0.15) is 13.2 Å². The van der Waals surface area contributed by atoms with Crippen molar-refractivity contribution in [2.45, 2.75) is 95.1 Å². The molecule has 1 aromatic heterocycles. The summed E-state index contributed by atoms with van der Waals surface area (Å²) in [6.45, 7) is 5.32. The second-order valence-corrected chi connectivity index (χ2v) is 11.6. The number of aliphatic hydroxyl groups excluding tert-OH is 1. The van der Waals surface area contributed by atoms with Gasteiger partial charge >= 0.3 is 6.18 Å². The maximum atomic E-state index is 13.3. The maximum absolute atomic E-state index is 13.3. The number of pyridine rings is 1. The van der Waals surface area contributed by atoms with E-state index in [9.17, 15) is 18.3 Å². The van der Waals surface area contributed by atoms with Gasteiger partial charge < -0.3 is 14.6 Å². The molecule has 2 unspecified atom stereocenters. The smallest absolute Gasteiger partial charge is 0.388 e. The van der Waals surface area contributed by atoms with Crippen LogP contribution in [-0.2, 0) is 27.7 Å². The Balaban J connectivity index is 1.55. The summed E-state index contributed by atoms with van der Waals surface area (Å²) in [5.41, 5.74) is 4.37. The molecule has 1 N–H and O–H groups in total. The molecule has 7 heteroatoms. The molecule has 4 aliphatic rings. The highest BCUT2D eigenvalue weighted by atomic mass is 19.4. The molecule has 194 valence electrons. The summed E-state index contributed by atoms with van der Waals surface area (Å²) in [6, 6.07) is 5.33. The standard InChI is InChI=1S/C29H34F3NO3/c1-17(2)25-23-24(22-20(33-25)15-27(16-21(22)34)9-3-4-10-27)28(11-13-35-14-12-28)36-26(23)18-5-7-19(8-6-18)29(30,31)32/h5-8,17,21,26,34H,3-4,9-16H2,1-2H3. The lowest BCUT2D eigenvalue weighted by Gasteiger charge is -2.41. The van der Waals surface area contributed by atoms with E-state index in [1.807, 2.05) is 0 Å².